The quantitative estimate of drug-likeness (QED) is 0.664. The van der Waals surface area contributed by atoms with Crippen LogP contribution in [0.4, 0.5) is 11.6 Å². The summed E-state index contributed by atoms with van der Waals surface area (Å²) in [6, 6.07) is 8.45. The first-order valence-corrected chi connectivity index (χ1v) is 10.3. The zero-order valence-corrected chi connectivity index (χ0v) is 17.0. The molecule has 8 nitrogen and oxygen atoms in total. The molecule has 0 radical (unpaired) electrons. The fourth-order valence-corrected chi connectivity index (χ4v) is 4.87. The van der Waals surface area contributed by atoms with Crippen LogP contribution in [0.5, 0.6) is 0 Å². The van der Waals surface area contributed by atoms with Crippen molar-refractivity contribution in [2.24, 2.45) is 7.05 Å². The van der Waals surface area contributed by atoms with Crippen molar-refractivity contribution < 1.29 is 8.42 Å². The molecule has 1 aromatic carbocycles. The van der Waals surface area contributed by atoms with E-state index in [1.165, 1.54) is 4.31 Å². The molecule has 3 aromatic rings. The summed E-state index contributed by atoms with van der Waals surface area (Å²) in [6.45, 7) is 6.30. The average Bonchev–Trinajstić information content (AvgIpc) is 3.19. The van der Waals surface area contributed by atoms with E-state index in [0.717, 1.165) is 17.2 Å². The number of sulfonamides is 1. The second-order valence-corrected chi connectivity index (χ2v) is 9.35. The molecule has 1 aliphatic heterocycles. The predicted octanol–water partition coefficient (Wildman–Crippen LogP) is 2.71. The van der Waals surface area contributed by atoms with Gasteiger partial charge in [0.1, 0.15) is 5.82 Å². The van der Waals surface area contributed by atoms with Crippen LogP contribution in [-0.4, -0.2) is 44.3 Å². The van der Waals surface area contributed by atoms with Gasteiger partial charge in [0.15, 0.2) is 0 Å². The molecule has 1 fully saturated rings. The van der Waals surface area contributed by atoms with Crippen molar-refractivity contribution in [2.45, 2.75) is 31.2 Å². The highest BCUT2D eigenvalue weighted by molar-refractivity contribution is 7.89. The topological polar surface area (TPSA) is 92.8 Å². The van der Waals surface area contributed by atoms with Gasteiger partial charge in [-0.05, 0) is 51.1 Å². The highest BCUT2D eigenvalue weighted by atomic mass is 32.2. The van der Waals surface area contributed by atoms with Crippen molar-refractivity contribution in [1.29, 1.82) is 0 Å². The maximum Gasteiger partial charge on any atom is 0.243 e. The molecular weight excluding hydrogens is 376 g/mol. The lowest BCUT2D eigenvalue weighted by atomic mass is 10.2. The monoisotopic (exact) mass is 398 g/mol. The third-order valence-electron chi connectivity index (χ3n) is 4.94. The molecule has 0 aliphatic carbocycles. The van der Waals surface area contributed by atoms with Crippen LogP contribution in [0, 0.1) is 6.92 Å². The van der Waals surface area contributed by atoms with Gasteiger partial charge in [0.25, 0.3) is 0 Å². The number of rotatable bonds is 5. The lowest BCUT2D eigenvalue weighted by Crippen LogP contribution is -2.18. The Morgan fingerprint density at radius 2 is 1.79 bits per heavy atom. The number of nitrogens with zero attached hydrogens (tertiary/aromatic N) is 5. The van der Waals surface area contributed by atoms with Gasteiger partial charge >= 0.3 is 0 Å². The first kappa shape index (κ1) is 18.6. The highest BCUT2D eigenvalue weighted by Gasteiger charge is 2.51. The maximum absolute atomic E-state index is 12.6. The van der Waals surface area contributed by atoms with Crippen LogP contribution in [0.25, 0.3) is 11.4 Å². The summed E-state index contributed by atoms with van der Waals surface area (Å²) in [5.74, 6) is 1.33. The molecule has 1 atom stereocenters. The summed E-state index contributed by atoms with van der Waals surface area (Å²) in [6.07, 6.45) is 3.45. The molecule has 0 bridgehead atoms. The number of imidazole rings is 1. The van der Waals surface area contributed by atoms with Crippen LogP contribution >= 0.6 is 0 Å². The Morgan fingerprint density at radius 3 is 2.36 bits per heavy atom. The summed E-state index contributed by atoms with van der Waals surface area (Å²) in [5.41, 5.74) is 2.06. The minimum absolute atomic E-state index is 0.281. The third-order valence-corrected chi connectivity index (χ3v) is 7.01. The molecule has 0 saturated carbocycles. The Hall–Kier alpha value is -2.78. The first-order chi connectivity index (χ1) is 13.2. The van der Waals surface area contributed by atoms with Crippen LogP contribution in [-0.2, 0) is 17.1 Å². The van der Waals surface area contributed by atoms with Gasteiger partial charge in [-0.1, -0.05) is 0 Å². The summed E-state index contributed by atoms with van der Waals surface area (Å²) in [4.78, 5) is 13.3. The van der Waals surface area contributed by atoms with Crippen molar-refractivity contribution in [1.82, 2.24) is 23.8 Å². The average molecular weight is 398 g/mol. The fourth-order valence-electron chi connectivity index (χ4n) is 2.99. The Kier molecular flexibility index (Phi) is 4.24. The number of nitrogens with one attached hydrogen (secondary N) is 1. The number of aryl methyl sites for hydroxylation is 1. The number of hydrogen-bond acceptors (Lipinski definition) is 6. The second kappa shape index (κ2) is 6.39. The van der Waals surface area contributed by atoms with Crippen LogP contribution in [0.15, 0.2) is 47.6 Å². The van der Waals surface area contributed by atoms with Crippen molar-refractivity contribution in [3.05, 3.63) is 48.5 Å². The number of aromatic nitrogens is 4. The largest absolute Gasteiger partial charge is 0.330 e. The maximum atomic E-state index is 12.6. The summed E-state index contributed by atoms with van der Waals surface area (Å²) in [7, 11) is -1.51. The molecule has 3 heterocycles. The van der Waals surface area contributed by atoms with E-state index in [1.54, 1.807) is 36.7 Å². The summed E-state index contributed by atoms with van der Waals surface area (Å²) >= 11 is 0. The van der Waals surface area contributed by atoms with Gasteiger partial charge in [-0.15, -0.1) is 0 Å². The predicted molar refractivity (Wildman–Crippen MR) is 107 cm³/mol. The normalized spacial score (nSPS) is 18.1. The Balaban J connectivity index is 1.54. The van der Waals surface area contributed by atoms with Gasteiger partial charge in [-0.25, -0.2) is 23.4 Å². The third kappa shape index (κ3) is 3.27. The van der Waals surface area contributed by atoms with Gasteiger partial charge in [-0.3, -0.25) is 0 Å². The molecule has 2 aromatic heterocycles. The number of anilines is 2. The smallest absolute Gasteiger partial charge is 0.243 e. The van der Waals surface area contributed by atoms with Crippen molar-refractivity contribution >= 4 is 21.7 Å². The molecule has 4 rings (SSSR count). The highest BCUT2D eigenvalue weighted by Crippen LogP contribution is 2.37. The minimum Gasteiger partial charge on any atom is -0.330 e. The van der Waals surface area contributed by atoms with Gasteiger partial charge in [0.05, 0.1) is 22.5 Å². The van der Waals surface area contributed by atoms with Crippen molar-refractivity contribution in [3.63, 3.8) is 0 Å². The van der Waals surface area contributed by atoms with Crippen molar-refractivity contribution in [3.8, 4) is 11.4 Å². The molecule has 9 heteroatoms. The van der Waals surface area contributed by atoms with Gasteiger partial charge in [0, 0.05) is 31.0 Å². The van der Waals surface area contributed by atoms with Gasteiger partial charge < -0.3 is 9.88 Å². The fraction of sp³-hybridized carbons (Fsp3) is 0.316. The molecular formula is C19H22N6O2S. The van der Waals surface area contributed by atoms with Crippen LogP contribution < -0.4 is 5.32 Å². The molecule has 1 aliphatic rings. The Labute approximate surface area is 164 Å². The molecule has 28 heavy (non-hydrogen) atoms. The van der Waals surface area contributed by atoms with E-state index in [2.05, 4.69) is 20.3 Å². The standard InChI is InChI=1S/C19H22N6O2S/c1-13-21-11-17(24(13)4)16-9-10-20-18(23-16)22-14-5-7-15(8-6-14)28(26,27)25-12-19(25,2)3/h5-11H,12H2,1-4H3,(H,20,22,23). The minimum atomic E-state index is -3.44. The molecule has 146 valence electrons. The number of hydrogen-bond donors (Lipinski definition) is 1. The zero-order chi connectivity index (χ0) is 20.1. The summed E-state index contributed by atoms with van der Waals surface area (Å²) < 4.78 is 28.6. The molecule has 0 amide bonds. The lowest BCUT2D eigenvalue weighted by Gasteiger charge is -2.10. The van der Waals surface area contributed by atoms with E-state index < -0.39 is 10.0 Å². The second-order valence-electron chi connectivity index (χ2n) is 7.49. The lowest BCUT2D eigenvalue weighted by molar-refractivity contribution is 0.530. The van der Waals surface area contributed by atoms with Crippen LogP contribution in [0.2, 0.25) is 0 Å². The molecule has 0 spiro atoms. The van der Waals surface area contributed by atoms with Crippen molar-refractivity contribution in [2.75, 3.05) is 11.9 Å². The van der Waals surface area contributed by atoms with E-state index in [1.807, 2.05) is 38.5 Å². The Bertz CT molecular complexity index is 1140. The van der Waals surface area contributed by atoms with Gasteiger partial charge in [0.2, 0.25) is 16.0 Å². The molecule has 1 unspecified atom stereocenters. The van der Waals surface area contributed by atoms with Gasteiger partial charge in [-0.2, -0.15) is 4.31 Å². The summed E-state index contributed by atoms with van der Waals surface area (Å²) in [5, 5.41) is 3.12. The van der Waals surface area contributed by atoms with E-state index in [-0.39, 0.29) is 10.4 Å². The molecule has 1 N–H and O–H groups in total. The number of benzene rings is 1. The van der Waals surface area contributed by atoms with E-state index in [4.69, 9.17) is 0 Å². The first-order valence-electron chi connectivity index (χ1n) is 8.90. The van der Waals surface area contributed by atoms with E-state index in [9.17, 15) is 8.42 Å². The Morgan fingerprint density at radius 1 is 1.11 bits per heavy atom. The van der Waals surface area contributed by atoms with Crippen LogP contribution in [0.1, 0.15) is 19.7 Å². The molecule has 1 saturated heterocycles. The van der Waals surface area contributed by atoms with E-state index >= 15 is 0 Å². The van der Waals surface area contributed by atoms with Crippen LogP contribution in [0.3, 0.4) is 0 Å². The zero-order valence-electron chi connectivity index (χ0n) is 16.2. The SMILES string of the molecule is Cc1ncc(-c2ccnc(Nc3ccc(S(=O)(=O)N4CC4(C)C)cc3)n2)n1C. The van der Waals surface area contributed by atoms with E-state index in [0.29, 0.717) is 18.2 Å².